The predicted molar refractivity (Wildman–Crippen MR) is 82.4 cm³/mol. The maximum atomic E-state index is 12.6. The monoisotopic (exact) mass is 284 g/mol. The van der Waals surface area contributed by atoms with Crippen LogP contribution in [0.3, 0.4) is 0 Å². The summed E-state index contributed by atoms with van der Waals surface area (Å²) < 4.78 is 5.18. The van der Waals surface area contributed by atoms with Crippen LogP contribution in [0.15, 0.2) is 0 Å². The van der Waals surface area contributed by atoms with Gasteiger partial charge in [-0.1, -0.05) is 41.0 Å². The van der Waals surface area contributed by atoms with Crippen LogP contribution >= 0.6 is 0 Å². The van der Waals surface area contributed by atoms with Crippen LogP contribution in [0, 0.1) is 11.3 Å². The summed E-state index contributed by atoms with van der Waals surface area (Å²) in [6.07, 6.45) is 3.28. The van der Waals surface area contributed by atoms with Crippen molar-refractivity contribution in [3.63, 3.8) is 0 Å². The van der Waals surface area contributed by atoms with Gasteiger partial charge in [0.15, 0.2) is 0 Å². The molecule has 0 radical (unpaired) electrons. The summed E-state index contributed by atoms with van der Waals surface area (Å²) in [5.41, 5.74) is 0.0885. The fraction of sp³-hybridized carbons (Fsp3) is 0.938. The molecule has 1 heterocycles. The Morgan fingerprint density at radius 1 is 1.40 bits per heavy atom. The van der Waals surface area contributed by atoms with Gasteiger partial charge in [0.2, 0.25) is 5.91 Å². The Labute approximate surface area is 124 Å². The zero-order valence-corrected chi connectivity index (χ0v) is 14.0. The number of nitrogens with zero attached hydrogens (tertiary/aromatic N) is 1. The van der Waals surface area contributed by atoms with Crippen LogP contribution in [0.5, 0.6) is 0 Å². The van der Waals surface area contributed by atoms with Gasteiger partial charge in [0.25, 0.3) is 0 Å². The highest BCUT2D eigenvalue weighted by Crippen LogP contribution is 2.27. The topological polar surface area (TPSA) is 41.6 Å². The SMILES string of the molecule is CCCC1NC(C(C)C)C(=O)N1CC(C)(C)CCOC. The first-order chi connectivity index (χ1) is 9.32. The van der Waals surface area contributed by atoms with Crippen LogP contribution in [0.25, 0.3) is 0 Å². The average Bonchev–Trinajstić information content (AvgIpc) is 2.65. The van der Waals surface area contributed by atoms with Crippen LogP contribution in [0.2, 0.25) is 0 Å². The fourth-order valence-corrected chi connectivity index (χ4v) is 2.80. The molecule has 0 aromatic rings. The van der Waals surface area contributed by atoms with Crippen molar-refractivity contribution in [2.24, 2.45) is 11.3 Å². The van der Waals surface area contributed by atoms with Crippen molar-refractivity contribution >= 4 is 5.91 Å². The lowest BCUT2D eigenvalue weighted by Crippen LogP contribution is -2.43. The molecular formula is C16H32N2O2. The smallest absolute Gasteiger partial charge is 0.241 e. The van der Waals surface area contributed by atoms with Gasteiger partial charge in [-0.25, -0.2) is 0 Å². The second-order valence-electron chi connectivity index (χ2n) is 7.07. The standard InChI is InChI=1S/C16H32N2O2/c1-7-8-13-17-14(12(2)3)15(19)18(13)11-16(4,5)9-10-20-6/h12-14,17H,7-11H2,1-6H3. The highest BCUT2D eigenvalue weighted by molar-refractivity contribution is 5.84. The van der Waals surface area contributed by atoms with Gasteiger partial charge < -0.3 is 9.64 Å². The summed E-state index contributed by atoms with van der Waals surface area (Å²) in [6.45, 7) is 12.4. The van der Waals surface area contributed by atoms with Crippen LogP contribution in [0.4, 0.5) is 0 Å². The summed E-state index contributed by atoms with van der Waals surface area (Å²) in [6, 6.07) is -0.0234. The molecule has 118 valence electrons. The summed E-state index contributed by atoms with van der Waals surface area (Å²) >= 11 is 0. The predicted octanol–water partition coefficient (Wildman–Crippen LogP) is 2.63. The molecule has 1 fully saturated rings. The van der Waals surface area contributed by atoms with Gasteiger partial charge >= 0.3 is 0 Å². The van der Waals surface area contributed by atoms with Gasteiger partial charge in [0.05, 0.1) is 12.2 Å². The van der Waals surface area contributed by atoms with E-state index < -0.39 is 0 Å². The number of nitrogens with one attached hydrogen (secondary N) is 1. The van der Waals surface area contributed by atoms with Crippen LogP contribution in [-0.4, -0.2) is 43.3 Å². The van der Waals surface area contributed by atoms with Crippen molar-refractivity contribution in [2.45, 2.75) is 66.1 Å². The van der Waals surface area contributed by atoms with Crippen LogP contribution < -0.4 is 5.32 Å². The lowest BCUT2D eigenvalue weighted by Gasteiger charge is -2.33. The second-order valence-corrected chi connectivity index (χ2v) is 7.07. The molecule has 0 aromatic carbocycles. The molecule has 1 saturated heterocycles. The number of amides is 1. The molecule has 1 aliphatic heterocycles. The first kappa shape index (κ1) is 17.4. The Bertz CT molecular complexity index is 316. The maximum absolute atomic E-state index is 12.6. The minimum Gasteiger partial charge on any atom is -0.385 e. The molecule has 2 unspecified atom stereocenters. The fourth-order valence-electron chi connectivity index (χ4n) is 2.80. The first-order valence-electron chi connectivity index (χ1n) is 7.88. The zero-order chi connectivity index (χ0) is 15.3. The molecule has 0 aliphatic carbocycles. The van der Waals surface area contributed by atoms with E-state index in [1.807, 2.05) is 0 Å². The Balaban J connectivity index is 2.75. The van der Waals surface area contributed by atoms with Gasteiger partial charge in [-0.2, -0.15) is 0 Å². The summed E-state index contributed by atoms with van der Waals surface area (Å²) in [7, 11) is 1.73. The number of hydrogen-bond donors (Lipinski definition) is 1. The minimum absolute atomic E-state index is 0.0234. The third-order valence-electron chi connectivity index (χ3n) is 4.11. The quantitative estimate of drug-likeness (QED) is 0.745. The van der Waals surface area contributed by atoms with Gasteiger partial charge in [0.1, 0.15) is 0 Å². The normalized spacial score (nSPS) is 23.9. The number of methoxy groups -OCH3 is 1. The van der Waals surface area contributed by atoms with E-state index in [1.54, 1.807) is 7.11 Å². The average molecular weight is 284 g/mol. The highest BCUT2D eigenvalue weighted by Gasteiger charge is 2.41. The van der Waals surface area contributed by atoms with Crippen molar-refractivity contribution in [3.05, 3.63) is 0 Å². The molecule has 1 aliphatic rings. The number of hydrogen-bond acceptors (Lipinski definition) is 3. The Hall–Kier alpha value is -0.610. The van der Waals surface area contributed by atoms with Gasteiger partial charge in [-0.15, -0.1) is 0 Å². The van der Waals surface area contributed by atoms with E-state index >= 15 is 0 Å². The summed E-state index contributed by atoms with van der Waals surface area (Å²) in [5, 5.41) is 3.51. The molecule has 1 amide bonds. The van der Waals surface area contributed by atoms with Crippen LogP contribution in [0.1, 0.15) is 53.9 Å². The number of carbonyl (C=O) groups excluding carboxylic acids is 1. The molecular weight excluding hydrogens is 252 g/mol. The third-order valence-corrected chi connectivity index (χ3v) is 4.11. The van der Waals surface area contributed by atoms with Crippen molar-refractivity contribution in [1.29, 1.82) is 0 Å². The molecule has 0 saturated carbocycles. The summed E-state index contributed by atoms with van der Waals surface area (Å²) in [4.78, 5) is 14.7. The molecule has 2 atom stereocenters. The van der Waals surface area contributed by atoms with E-state index in [0.717, 1.165) is 32.4 Å². The van der Waals surface area contributed by atoms with Crippen molar-refractivity contribution in [2.75, 3.05) is 20.3 Å². The van der Waals surface area contributed by atoms with E-state index in [1.165, 1.54) is 0 Å². The van der Waals surface area contributed by atoms with E-state index in [9.17, 15) is 4.79 Å². The lowest BCUT2D eigenvalue weighted by molar-refractivity contribution is -0.132. The van der Waals surface area contributed by atoms with E-state index in [-0.39, 0.29) is 23.5 Å². The highest BCUT2D eigenvalue weighted by atomic mass is 16.5. The molecule has 0 aromatic heterocycles. The van der Waals surface area contributed by atoms with Crippen LogP contribution in [-0.2, 0) is 9.53 Å². The molecule has 0 bridgehead atoms. The number of ether oxygens (including phenoxy) is 1. The first-order valence-corrected chi connectivity index (χ1v) is 7.88. The van der Waals surface area contributed by atoms with Gasteiger partial charge in [-0.05, 0) is 24.2 Å². The lowest BCUT2D eigenvalue weighted by atomic mass is 9.88. The molecule has 20 heavy (non-hydrogen) atoms. The van der Waals surface area contributed by atoms with E-state index in [4.69, 9.17) is 4.74 Å². The molecule has 0 spiro atoms. The van der Waals surface area contributed by atoms with Crippen molar-refractivity contribution in [3.8, 4) is 0 Å². The summed E-state index contributed by atoms with van der Waals surface area (Å²) in [5.74, 6) is 0.609. The Morgan fingerprint density at radius 2 is 2.05 bits per heavy atom. The Kier molecular flexibility index (Phi) is 6.46. The van der Waals surface area contributed by atoms with Crippen molar-refractivity contribution < 1.29 is 9.53 Å². The van der Waals surface area contributed by atoms with Gasteiger partial charge in [0, 0.05) is 20.3 Å². The molecule has 4 heteroatoms. The maximum Gasteiger partial charge on any atom is 0.241 e. The number of rotatable bonds is 8. The number of carbonyl (C=O) groups is 1. The van der Waals surface area contributed by atoms with Crippen molar-refractivity contribution in [1.82, 2.24) is 10.2 Å². The van der Waals surface area contributed by atoms with E-state index in [2.05, 4.69) is 44.8 Å². The molecule has 1 N–H and O–H groups in total. The zero-order valence-electron chi connectivity index (χ0n) is 14.0. The molecule has 4 nitrogen and oxygen atoms in total. The second kappa shape index (κ2) is 7.41. The largest absolute Gasteiger partial charge is 0.385 e. The van der Waals surface area contributed by atoms with Gasteiger partial charge in [-0.3, -0.25) is 10.1 Å². The minimum atomic E-state index is -0.0234. The Morgan fingerprint density at radius 3 is 2.55 bits per heavy atom. The third kappa shape index (κ3) is 4.45. The van der Waals surface area contributed by atoms with E-state index in [0.29, 0.717) is 5.92 Å². The molecule has 1 rings (SSSR count).